The lowest BCUT2D eigenvalue weighted by molar-refractivity contribution is 0.410. The van der Waals surface area contributed by atoms with E-state index >= 15 is 0 Å². The minimum absolute atomic E-state index is 0.230. The zero-order valence-corrected chi connectivity index (χ0v) is 14.9. The lowest BCUT2D eigenvalue weighted by Crippen LogP contribution is -1.88. The van der Waals surface area contributed by atoms with Crippen molar-refractivity contribution in [3.63, 3.8) is 0 Å². The third-order valence-electron chi connectivity index (χ3n) is 3.89. The fourth-order valence-corrected chi connectivity index (χ4v) is 3.74. The van der Waals surface area contributed by atoms with E-state index < -0.39 is 0 Å². The van der Waals surface area contributed by atoms with Gasteiger partial charge in [-0.2, -0.15) is 0 Å². The first-order chi connectivity index (χ1) is 12.7. The molecule has 7 nitrogen and oxygen atoms in total. The van der Waals surface area contributed by atoms with Crippen molar-refractivity contribution >= 4 is 27.2 Å². The van der Waals surface area contributed by atoms with Crippen LogP contribution in [0.15, 0.2) is 54.1 Å². The molecule has 0 aliphatic carbocycles. The van der Waals surface area contributed by atoms with Gasteiger partial charge in [-0.25, -0.2) is 4.98 Å². The van der Waals surface area contributed by atoms with E-state index in [1.165, 1.54) is 7.11 Å². The number of rotatable bonds is 5. The van der Waals surface area contributed by atoms with E-state index in [9.17, 15) is 4.91 Å². The Morgan fingerprint density at radius 2 is 2.00 bits per heavy atom. The van der Waals surface area contributed by atoms with Gasteiger partial charge in [-0.15, -0.1) is 16.2 Å². The molecular weight excluding hydrogens is 352 g/mol. The molecule has 0 N–H and O–H groups in total. The third-order valence-corrected chi connectivity index (χ3v) is 5.03. The molecule has 0 saturated heterocycles. The molecule has 0 spiro atoms. The summed E-state index contributed by atoms with van der Waals surface area (Å²) in [7, 11) is 3.43. The molecule has 3 aromatic heterocycles. The second-order valence-electron chi connectivity index (χ2n) is 5.52. The van der Waals surface area contributed by atoms with E-state index in [2.05, 4.69) is 15.1 Å². The van der Waals surface area contributed by atoms with E-state index in [0.717, 1.165) is 20.9 Å². The standard InChI is InChI=1S/C18H14N4O3S/c1-22-8-7-20-18(22)16-10-13-17(26-16)14(5-6-19-13)25-11-3-4-12(21-23)15(9-11)24-2/h3-10H,1-2H3. The molecule has 0 atom stereocenters. The first-order valence-corrected chi connectivity index (χ1v) is 8.56. The van der Waals surface area contributed by atoms with Crippen molar-refractivity contribution in [1.82, 2.24) is 14.5 Å². The van der Waals surface area contributed by atoms with Gasteiger partial charge in [-0.1, -0.05) is 0 Å². The summed E-state index contributed by atoms with van der Waals surface area (Å²) in [4.78, 5) is 20.6. The molecule has 1 aromatic carbocycles. The molecule has 4 aromatic rings. The van der Waals surface area contributed by atoms with Crippen molar-refractivity contribution in [1.29, 1.82) is 0 Å². The van der Waals surface area contributed by atoms with Gasteiger partial charge in [-0.3, -0.25) is 4.98 Å². The predicted molar refractivity (Wildman–Crippen MR) is 100 cm³/mol. The molecule has 0 saturated carbocycles. The highest BCUT2D eigenvalue weighted by Crippen LogP contribution is 2.40. The van der Waals surface area contributed by atoms with Gasteiger partial charge in [0.1, 0.15) is 23.0 Å². The summed E-state index contributed by atoms with van der Waals surface area (Å²) >= 11 is 1.56. The Bertz CT molecular complexity index is 1100. The molecule has 8 heteroatoms. The summed E-state index contributed by atoms with van der Waals surface area (Å²) in [6.07, 6.45) is 5.37. The molecule has 0 aliphatic rings. The van der Waals surface area contributed by atoms with Gasteiger partial charge in [0.2, 0.25) is 0 Å². The number of aryl methyl sites for hydroxylation is 1. The smallest absolute Gasteiger partial charge is 0.151 e. The molecule has 0 amide bonds. The van der Waals surface area contributed by atoms with Gasteiger partial charge in [-0.05, 0) is 23.4 Å². The number of hydrogen-bond donors (Lipinski definition) is 0. The van der Waals surface area contributed by atoms with Crippen LogP contribution in [0.5, 0.6) is 17.2 Å². The van der Waals surface area contributed by atoms with Gasteiger partial charge < -0.3 is 14.0 Å². The van der Waals surface area contributed by atoms with E-state index in [-0.39, 0.29) is 5.69 Å². The number of hydrogen-bond acceptors (Lipinski definition) is 7. The molecule has 3 heterocycles. The SMILES string of the molecule is COc1cc(Oc2ccnc3cc(-c4nccn4C)sc23)ccc1N=O. The van der Waals surface area contributed by atoms with E-state index in [1.54, 1.807) is 48.0 Å². The van der Waals surface area contributed by atoms with Crippen LogP contribution in [0.2, 0.25) is 0 Å². The van der Waals surface area contributed by atoms with Gasteiger partial charge in [0, 0.05) is 37.8 Å². The molecule has 0 unspecified atom stereocenters. The lowest BCUT2D eigenvalue weighted by atomic mass is 10.3. The predicted octanol–water partition coefficient (Wildman–Crippen LogP) is 4.90. The van der Waals surface area contributed by atoms with Gasteiger partial charge in [0.05, 0.1) is 22.2 Å². The summed E-state index contributed by atoms with van der Waals surface area (Å²) in [6.45, 7) is 0. The van der Waals surface area contributed by atoms with Crippen LogP contribution in [0.3, 0.4) is 0 Å². The van der Waals surface area contributed by atoms with E-state index in [0.29, 0.717) is 17.2 Å². The molecule has 26 heavy (non-hydrogen) atoms. The number of imidazole rings is 1. The molecule has 0 fully saturated rings. The summed E-state index contributed by atoms with van der Waals surface area (Å²) in [5, 5.41) is 2.93. The Morgan fingerprint density at radius 3 is 2.73 bits per heavy atom. The molecule has 0 bridgehead atoms. The molecule has 0 aliphatic heterocycles. The quantitative estimate of drug-likeness (QED) is 0.470. The van der Waals surface area contributed by atoms with Crippen molar-refractivity contribution in [2.24, 2.45) is 12.2 Å². The zero-order chi connectivity index (χ0) is 18.1. The van der Waals surface area contributed by atoms with Gasteiger partial charge in [0.15, 0.2) is 5.75 Å². The maximum atomic E-state index is 10.8. The number of aromatic nitrogens is 3. The van der Waals surface area contributed by atoms with Crippen LogP contribution in [0.25, 0.3) is 20.9 Å². The number of thiophene rings is 1. The molecule has 0 radical (unpaired) electrons. The van der Waals surface area contributed by atoms with Crippen molar-refractivity contribution in [2.45, 2.75) is 0 Å². The average Bonchev–Trinajstić information content (AvgIpc) is 3.27. The average molecular weight is 366 g/mol. The minimum atomic E-state index is 0.230. The van der Waals surface area contributed by atoms with Crippen molar-refractivity contribution in [3.05, 3.63) is 53.8 Å². The van der Waals surface area contributed by atoms with Crippen LogP contribution in [0.1, 0.15) is 0 Å². The van der Waals surface area contributed by atoms with Crippen molar-refractivity contribution < 1.29 is 9.47 Å². The summed E-state index contributed by atoms with van der Waals surface area (Å²) in [5.74, 6) is 2.47. The Labute approximate surface area is 152 Å². The van der Waals surface area contributed by atoms with E-state index in [1.807, 2.05) is 23.9 Å². The lowest BCUT2D eigenvalue weighted by Gasteiger charge is -2.08. The highest BCUT2D eigenvalue weighted by molar-refractivity contribution is 7.22. The number of pyridine rings is 1. The zero-order valence-electron chi connectivity index (χ0n) is 14.0. The fraction of sp³-hybridized carbons (Fsp3) is 0.111. The Hall–Kier alpha value is -3.26. The van der Waals surface area contributed by atoms with Crippen molar-refractivity contribution in [2.75, 3.05) is 7.11 Å². The van der Waals surface area contributed by atoms with Gasteiger partial charge in [0.25, 0.3) is 0 Å². The number of ether oxygens (including phenoxy) is 2. The molecular formula is C18H14N4O3S. The van der Waals surface area contributed by atoms with Crippen molar-refractivity contribution in [3.8, 4) is 28.0 Å². The number of benzene rings is 1. The maximum Gasteiger partial charge on any atom is 0.151 e. The van der Waals surface area contributed by atoms with Crippen LogP contribution in [-0.2, 0) is 7.05 Å². The van der Waals surface area contributed by atoms with Crippen LogP contribution in [0.4, 0.5) is 5.69 Å². The first-order valence-electron chi connectivity index (χ1n) is 7.75. The maximum absolute atomic E-state index is 10.8. The van der Waals surface area contributed by atoms with Crippen LogP contribution >= 0.6 is 11.3 Å². The first kappa shape index (κ1) is 16.2. The minimum Gasteiger partial charge on any atom is -0.494 e. The second-order valence-corrected chi connectivity index (χ2v) is 6.58. The topological polar surface area (TPSA) is 78.6 Å². The normalized spacial score (nSPS) is 10.8. The second kappa shape index (κ2) is 6.57. The number of nitroso groups, excluding NO2 is 1. The summed E-state index contributed by atoms with van der Waals surface area (Å²) < 4.78 is 14.1. The van der Waals surface area contributed by atoms with E-state index in [4.69, 9.17) is 9.47 Å². The molecule has 4 rings (SSSR count). The number of nitrogens with zero attached hydrogens (tertiary/aromatic N) is 4. The fourth-order valence-electron chi connectivity index (χ4n) is 2.63. The Kier molecular flexibility index (Phi) is 4.10. The summed E-state index contributed by atoms with van der Waals surface area (Å²) in [6, 6.07) is 8.68. The van der Waals surface area contributed by atoms with Crippen LogP contribution in [0, 0.1) is 4.91 Å². The summed E-state index contributed by atoms with van der Waals surface area (Å²) in [5.41, 5.74) is 1.07. The highest BCUT2D eigenvalue weighted by atomic mass is 32.1. The third kappa shape index (κ3) is 2.80. The van der Waals surface area contributed by atoms with Crippen LogP contribution < -0.4 is 9.47 Å². The number of fused-ring (bicyclic) bond motifs is 1. The van der Waals surface area contributed by atoms with Crippen LogP contribution in [-0.4, -0.2) is 21.6 Å². The largest absolute Gasteiger partial charge is 0.494 e. The highest BCUT2D eigenvalue weighted by Gasteiger charge is 2.14. The number of methoxy groups -OCH3 is 1. The molecule has 130 valence electrons. The van der Waals surface area contributed by atoms with Gasteiger partial charge >= 0.3 is 0 Å². The Balaban J connectivity index is 1.74. The monoisotopic (exact) mass is 366 g/mol. The Morgan fingerprint density at radius 1 is 1.12 bits per heavy atom.